The summed E-state index contributed by atoms with van der Waals surface area (Å²) in [6, 6.07) is 6.95. The number of halogens is 3. The zero-order valence-corrected chi connectivity index (χ0v) is 15.2. The largest absolute Gasteiger partial charge is 0.490 e. The second-order valence-corrected chi connectivity index (χ2v) is 7.92. The molecule has 4 rings (SSSR count). The van der Waals surface area contributed by atoms with E-state index in [0.717, 1.165) is 51.7 Å². The molecule has 0 radical (unpaired) electrons. The number of hydrogen-bond donors (Lipinski definition) is 1. The van der Waals surface area contributed by atoms with Crippen LogP contribution in [0.4, 0.5) is 13.2 Å². The molecule has 2 aromatic rings. The Morgan fingerprint density at radius 2 is 1.89 bits per heavy atom. The minimum atomic E-state index is -4.25. The zero-order valence-electron chi connectivity index (χ0n) is 15.2. The van der Waals surface area contributed by atoms with E-state index in [-0.39, 0.29) is 6.10 Å². The summed E-state index contributed by atoms with van der Waals surface area (Å²) in [5, 5.41) is 11.0. The van der Waals surface area contributed by atoms with Gasteiger partial charge in [0.1, 0.15) is 18.4 Å². The highest BCUT2D eigenvalue weighted by molar-refractivity contribution is 5.86. The van der Waals surface area contributed by atoms with E-state index in [1.54, 1.807) is 18.2 Å². The van der Waals surface area contributed by atoms with Crippen molar-refractivity contribution < 1.29 is 23.0 Å². The van der Waals surface area contributed by atoms with E-state index in [1.165, 1.54) is 10.8 Å². The Hall–Kier alpha value is -1.73. The molecule has 148 valence electrons. The summed E-state index contributed by atoms with van der Waals surface area (Å²) >= 11 is 0. The van der Waals surface area contributed by atoms with Crippen molar-refractivity contribution in [3.05, 3.63) is 30.5 Å². The fourth-order valence-corrected chi connectivity index (χ4v) is 4.15. The molecular formula is C20H25F3N2O2. The minimum Gasteiger partial charge on any atom is -0.490 e. The Kier molecular flexibility index (Phi) is 4.84. The summed E-state index contributed by atoms with van der Waals surface area (Å²) in [5.41, 5.74) is 0.0372. The Balaban J connectivity index is 1.39. The number of likely N-dealkylation sites (tertiary alicyclic amines) is 1. The molecule has 0 spiro atoms. The molecule has 1 aliphatic heterocycles. The number of alkyl halides is 3. The highest BCUT2D eigenvalue weighted by Gasteiger charge is 2.37. The highest BCUT2D eigenvalue weighted by atomic mass is 19.4. The highest BCUT2D eigenvalue weighted by Crippen LogP contribution is 2.34. The third-order valence-electron chi connectivity index (χ3n) is 5.75. The molecule has 1 aromatic carbocycles. The van der Waals surface area contributed by atoms with E-state index in [4.69, 9.17) is 4.74 Å². The minimum absolute atomic E-state index is 0.0499. The second kappa shape index (κ2) is 7.02. The molecule has 0 unspecified atom stereocenters. The average Bonchev–Trinajstić information content (AvgIpc) is 2.97. The van der Waals surface area contributed by atoms with Crippen molar-refractivity contribution in [2.24, 2.45) is 0 Å². The lowest BCUT2D eigenvalue weighted by Gasteiger charge is -2.42. The smallest absolute Gasteiger partial charge is 0.406 e. The van der Waals surface area contributed by atoms with Gasteiger partial charge in [0.05, 0.1) is 11.1 Å². The first-order valence-corrected chi connectivity index (χ1v) is 9.57. The number of piperidine rings is 1. The number of ether oxygens (including phenoxy) is 1. The van der Waals surface area contributed by atoms with E-state index >= 15 is 0 Å². The van der Waals surface area contributed by atoms with Crippen molar-refractivity contribution in [1.82, 2.24) is 9.47 Å². The van der Waals surface area contributed by atoms with Crippen LogP contribution in [0.1, 0.15) is 32.1 Å². The van der Waals surface area contributed by atoms with Crippen molar-refractivity contribution in [2.75, 3.05) is 19.6 Å². The quantitative estimate of drug-likeness (QED) is 0.851. The summed E-state index contributed by atoms with van der Waals surface area (Å²) in [7, 11) is 0. The number of fused-ring (bicyclic) bond motifs is 1. The Morgan fingerprint density at radius 1 is 1.15 bits per heavy atom. The van der Waals surface area contributed by atoms with E-state index < -0.39 is 18.3 Å². The van der Waals surface area contributed by atoms with Gasteiger partial charge in [-0.2, -0.15) is 13.2 Å². The Labute approximate surface area is 156 Å². The van der Waals surface area contributed by atoms with Gasteiger partial charge >= 0.3 is 6.18 Å². The number of β-amino-alcohol motifs (C(OH)–C–C–N with tert-alkyl or cyclic N) is 1. The number of hydrogen-bond acceptors (Lipinski definition) is 3. The summed E-state index contributed by atoms with van der Waals surface area (Å²) in [6.45, 7) is 1.48. The lowest BCUT2D eigenvalue weighted by atomic mass is 9.79. The molecular weight excluding hydrogens is 357 g/mol. The molecule has 1 aliphatic carbocycles. The van der Waals surface area contributed by atoms with Gasteiger partial charge in [-0.25, -0.2) is 0 Å². The van der Waals surface area contributed by atoms with Crippen LogP contribution in [-0.4, -0.2) is 52.1 Å². The van der Waals surface area contributed by atoms with Crippen LogP contribution >= 0.6 is 0 Å². The second-order valence-electron chi connectivity index (χ2n) is 7.92. The van der Waals surface area contributed by atoms with Crippen molar-refractivity contribution >= 4 is 10.9 Å². The van der Waals surface area contributed by atoms with Gasteiger partial charge < -0.3 is 19.3 Å². The number of benzene rings is 1. The topological polar surface area (TPSA) is 37.6 Å². The monoisotopic (exact) mass is 382 g/mol. The predicted octanol–water partition coefficient (Wildman–Crippen LogP) is 3.96. The summed E-state index contributed by atoms with van der Waals surface area (Å²) < 4.78 is 45.5. The van der Waals surface area contributed by atoms with Gasteiger partial charge in [-0.1, -0.05) is 6.07 Å². The molecule has 2 fully saturated rings. The van der Waals surface area contributed by atoms with Crippen LogP contribution in [0, 0.1) is 0 Å². The third-order valence-corrected chi connectivity index (χ3v) is 5.75. The number of nitrogens with zero attached hydrogens (tertiary/aromatic N) is 2. The normalized spacial score (nSPS) is 21.3. The number of aromatic nitrogens is 1. The molecule has 0 bridgehead atoms. The maximum Gasteiger partial charge on any atom is 0.406 e. The van der Waals surface area contributed by atoms with E-state index in [2.05, 4.69) is 4.90 Å². The molecule has 4 nitrogen and oxygen atoms in total. The first kappa shape index (κ1) is 18.6. The maximum absolute atomic E-state index is 12.7. The molecule has 2 aliphatic rings. The third kappa shape index (κ3) is 4.24. The van der Waals surface area contributed by atoms with Crippen LogP contribution in [-0.2, 0) is 6.54 Å². The van der Waals surface area contributed by atoms with Crippen molar-refractivity contribution in [3.8, 4) is 5.75 Å². The van der Waals surface area contributed by atoms with Gasteiger partial charge in [-0.05, 0) is 50.3 Å². The molecule has 1 saturated carbocycles. The maximum atomic E-state index is 12.7. The number of rotatable bonds is 5. The Bertz CT molecular complexity index is 790. The fraction of sp³-hybridized carbons (Fsp3) is 0.600. The van der Waals surface area contributed by atoms with Gasteiger partial charge in [-0.3, -0.25) is 0 Å². The van der Waals surface area contributed by atoms with Crippen LogP contribution in [0.5, 0.6) is 5.75 Å². The zero-order chi connectivity index (χ0) is 19.1. The Morgan fingerprint density at radius 3 is 2.52 bits per heavy atom. The molecule has 1 saturated heterocycles. The summed E-state index contributed by atoms with van der Waals surface area (Å²) in [4.78, 5) is 2.29. The average molecular weight is 382 g/mol. The molecule has 7 heteroatoms. The lowest BCUT2D eigenvalue weighted by molar-refractivity contribution is -0.139. The van der Waals surface area contributed by atoms with Crippen LogP contribution in [0.15, 0.2) is 30.5 Å². The first-order chi connectivity index (χ1) is 12.8. The van der Waals surface area contributed by atoms with E-state index in [1.807, 2.05) is 6.07 Å². The van der Waals surface area contributed by atoms with Gasteiger partial charge in [0.25, 0.3) is 0 Å². The van der Waals surface area contributed by atoms with Gasteiger partial charge in [0, 0.05) is 31.2 Å². The van der Waals surface area contributed by atoms with Crippen molar-refractivity contribution in [3.63, 3.8) is 0 Å². The SMILES string of the molecule is OC1(CN2CCC(Oc3cccc4c3ccn4CC(F)(F)F)CC2)CCC1. The molecule has 0 atom stereocenters. The molecule has 0 amide bonds. The summed E-state index contributed by atoms with van der Waals surface area (Å²) in [5.74, 6) is 0.643. The fourth-order valence-electron chi connectivity index (χ4n) is 4.15. The summed E-state index contributed by atoms with van der Waals surface area (Å²) in [6.07, 6.45) is 1.86. The van der Waals surface area contributed by atoms with Gasteiger partial charge in [0.2, 0.25) is 0 Å². The van der Waals surface area contributed by atoms with Crippen molar-refractivity contribution in [2.45, 2.75) is 56.5 Å². The molecule has 2 heterocycles. The molecule has 1 N–H and O–H groups in total. The van der Waals surface area contributed by atoms with Crippen LogP contribution in [0.3, 0.4) is 0 Å². The standard InChI is InChI=1S/C20H25F3N2O2/c21-20(22,23)14-25-12-7-16-17(25)3-1-4-18(16)27-15-5-10-24(11-6-15)13-19(26)8-2-9-19/h1,3-4,7,12,15,26H,2,5-6,8-11,13-14H2. The van der Waals surface area contributed by atoms with Crippen LogP contribution < -0.4 is 4.74 Å². The van der Waals surface area contributed by atoms with Gasteiger partial charge in [-0.15, -0.1) is 0 Å². The molecule has 1 aromatic heterocycles. The number of aliphatic hydroxyl groups is 1. The lowest BCUT2D eigenvalue weighted by Crippen LogP contribution is -2.50. The van der Waals surface area contributed by atoms with Gasteiger partial charge in [0.15, 0.2) is 0 Å². The van der Waals surface area contributed by atoms with E-state index in [9.17, 15) is 18.3 Å². The van der Waals surface area contributed by atoms with Crippen LogP contribution in [0.2, 0.25) is 0 Å². The van der Waals surface area contributed by atoms with Crippen molar-refractivity contribution in [1.29, 1.82) is 0 Å². The molecule has 27 heavy (non-hydrogen) atoms. The van der Waals surface area contributed by atoms with Crippen LogP contribution in [0.25, 0.3) is 10.9 Å². The first-order valence-electron chi connectivity index (χ1n) is 9.57. The van der Waals surface area contributed by atoms with E-state index in [0.29, 0.717) is 16.7 Å². The predicted molar refractivity (Wildman–Crippen MR) is 96.9 cm³/mol.